The molecule has 1 atom stereocenters. The fourth-order valence-corrected chi connectivity index (χ4v) is 2.25. The molecule has 0 aromatic heterocycles. The van der Waals surface area contributed by atoms with Crippen molar-refractivity contribution in [3.63, 3.8) is 0 Å². The van der Waals surface area contributed by atoms with E-state index in [4.69, 9.17) is 10.5 Å². The Labute approximate surface area is 126 Å². The first-order chi connectivity index (χ1) is 9.33. The van der Waals surface area contributed by atoms with Crippen molar-refractivity contribution in [1.29, 1.82) is 0 Å². The average molecular weight is 290 g/mol. The number of rotatable bonds is 5. The molecule has 0 saturated heterocycles. The van der Waals surface area contributed by atoms with Gasteiger partial charge in [-0.2, -0.15) is 0 Å². The molecule has 2 aromatic rings. The van der Waals surface area contributed by atoms with Crippen LogP contribution in [0.1, 0.15) is 30.0 Å². The topological polar surface area (TPSA) is 35.2 Å². The highest BCUT2D eigenvalue weighted by molar-refractivity contribution is 5.85. The predicted octanol–water partition coefficient (Wildman–Crippen LogP) is 4.10. The van der Waals surface area contributed by atoms with E-state index in [1.165, 1.54) is 24.0 Å². The molecule has 0 spiro atoms. The zero-order valence-corrected chi connectivity index (χ0v) is 12.2. The minimum absolute atomic E-state index is 0. The molecular formula is C17H20ClNO. The molecule has 1 aliphatic carbocycles. The van der Waals surface area contributed by atoms with Gasteiger partial charge in [0.15, 0.2) is 0 Å². The Morgan fingerprint density at radius 3 is 2.25 bits per heavy atom. The van der Waals surface area contributed by atoms with E-state index in [9.17, 15) is 0 Å². The molecule has 3 rings (SSSR count). The number of hydrogen-bond acceptors (Lipinski definition) is 2. The number of benzene rings is 2. The first kappa shape index (κ1) is 14.9. The molecule has 1 saturated carbocycles. The van der Waals surface area contributed by atoms with Gasteiger partial charge < -0.3 is 10.5 Å². The van der Waals surface area contributed by atoms with Gasteiger partial charge >= 0.3 is 0 Å². The van der Waals surface area contributed by atoms with E-state index in [0.29, 0.717) is 12.5 Å². The van der Waals surface area contributed by atoms with Crippen LogP contribution in [0.2, 0.25) is 0 Å². The summed E-state index contributed by atoms with van der Waals surface area (Å²) in [5.74, 6) is 1.59. The molecule has 0 heterocycles. The van der Waals surface area contributed by atoms with E-state index < -0.39 is 0 Å². The molecule has 0 amide bonds. The van der Waals surface area contributed by atoms with Crippen LogP contribution in [0.25, 0.3) is 0 Å². The summed E-state index contributed by atoms with van der Waals surface area (Å²) in [7, 11) is 0. The fraction of sp³-hybridized carbons (Fsp3) is 0.294. The summed E-state index contributed by atoms with van der Waals surface area (Å²) in [5, 5.41) is 0. The van der Waals surface area contributed by atoms with Crippen molar-refractivity contribution in [3.05, 3.63) is 65.7 Å². The third kappa shape index (κ3) is 3.75. The molecule has 0 bridgehead atoms. The summed E-state index contributed by atoms with van der Waals surface area (Å²) >= 11 is 0. The van der Waals surface area contributed by atoms with Crippen LogP contribution in [-0.4, -0.2) is 0 Å². The van der Waals surface area contributed by atoms with Crippen LogP contribution in [0.15, 0.2) is 54.6 Å². The molecule has 1 aliphatic rings. The van der Waals surface area contributed by atoms with Crippen LogP contribution < -0.4 is 10.5 Å². The second kappa shape index (κ2) is 6.78. The van der Waals surface area contributed by atoms with E-state index in [1.807, 2.05) is 30.3 Å². The lowest BCUT2D eigenvalue weighted by Gasteiger charge is -2.12. The number of nitrogens with two attached hydrogens (primary N) is 1. The van der Waals surface area contributed by atoms with E-state index in [1.54, 1.807) is 0 Å². The lowest BCUT2D eigenvalue weighted by molar-refractivity contribution is 0.306. The molecule has 20 heavy (non-hydrogen) atoms. The maximum atomic E-state index is 6.17. The Hall–Kier alpha value is -1.51. The second-order valence-corrected chi connectivity index (χ2v) is 5.21. The van der Waals surface area contributed by atoms with Crippen molar-refractivity contribution >= 4 is 12.4 Å². The summed E-state index contributed by atoms with van der Waals surface area (Å²) in [6.45, 7) is 0.606. The maximum absolute atomic E-state index is 6.17. The van der Waals surface area contributed by atoms with Crippen molar-refractivity contribution in [2.24, 2.45) is 11.7 Å². The summed E-state index contributed by atoms with van der Waals surface area (Å²) in [6.07, 6.45) is 2.54. The second-order valence-electron chi connectivity index (χ2n) is 5.21. The lowest BCUT2D eigenvalue weighted by Crippen LogP contribution is -2.11. The summed E-state index contributed by atoms with van der Waals surface area (Å²) in [6, 6.07) is 18.6. The van der Waals surface area contributed by atoms with E-state index >= 15 is 0 Å². The van der Waals surface area contributed by atoms with Gasteiger partial charge in [-0.1, -0.05) is 42.5 Å². The molecule has 2 nitrogen and oxygen atoms in total. The lowest BCUT2D eigenvalue weighted by atomic mass is 10.0. The first-order valence-electron chi connectivity index (χ1n) is 6.85. The van der Waals surface area contributed by atoms with Crippen LogP contribution in [0.3, 0.4) is 0 Å². The third-order valence-electron chi connectivity index (χ3n) is 3.64. The Kier molecular flexibility index (Phi) is 5.05. The van der Waals surface area contributed by atoms with Gasteiger partial charge in [0.2, 0.25) is 0 Å². The zero-order valence-electron chi connectivity index (χ0n) is 11.4. The highest BCUT2D eigenvalue weighted by Gasteiger charge is 2.29. The highest BCUT2D eigenvalue weighted by atomic mass is 35.5. The molecule has 1 fully saturated rings. The van der Waals surface area contributed by atoms with Gasteiger partial charge in [-0.25, -0.2) is 0 Å². The standard InChI is InChI=1S/C17H19NO.ClH/c18-17(14-6-7-14)15-8-10-16(11-9-15)19-12-13-4-2-1-3-5-13;/h1-5,8-11,14,17H,6-7,12,18H2;1H/t17-;/m1./s1. The van der Waals surface area contributed by atoms with E-state index in [2.05, 4.69) is 24.3 Å². The molecule has 106 valence electrons. The minimum atomic E-state index is 0. The largest absolute Gasteiger partial charge is 0.489 e. The minimum Gasteiger partial charge on any atom is -0.489 e. The maximum Gasteiger partial charge on any atom is 0.119 e. The van der Waals surface area contributed by atoms with Crippen LogP contribution >= 0.6 is 12.4 Å². The molecular weight excluding hydrogens is 270 g/mol. The molecule has 0 unspecified atom stereocenters. The Morgan fingerprint density at radius 1 is 1.00 bits per heavy atom. The van der Waals surface area contributed by atoms with Gasteiger partial charge in [0.05, 0.1) is 0 Å². The highest BCUT2D eigenvalue weighted by Crippen LogP contribution is 2.39. The van der Waals surface area contributed by atoms with E-state index in [-0.39, 0.29) is 18.4 Å². The SMILES string of the molecule is Cl.N[C@@H](c1ccc(OCc2ccccc2)cc1)C1CC1. The molecule has 0 aliphatic heterocycles. The van der Waals surface area contributed by atoms with Gasteiger partial charge in [-0.3, -0.25) is 0 Å². The van der Waals surface area contributed by atoms with Crippen molar-refractivity contribution < 1.29 is 4.74 Å². The first-order valence-corrected chi connectivity index (χ1v) is 6.85. The van der Waals surface area contributed by atoms with Crippen molar-refractivity contribution in [2.75, 3.05) is 0 Å². The van der Waals surface area contributed by atoms with Crippen LogP contribution in [0.4, 0.5) is 0 Å². The Balaban J connectivity index is 0.00000147. The van der Waals surface area contributed by atoms with Crippen molar-refractivity contribution in [3.8, 4) is 5.75 Å². The van der Waals surface area contributed by atoms with Gasteiger partial charge in [0, 0.05) is 6.04 Å². The molecule has 2 N–H and O–H groups in total. The van der Waals surface area contributed by atoms with Crippen LogP contribution in [0, 0.1) is 5.92 Å². The number of hydrogen-bond donors (Lipinski definition) is 1. The predicted molar refractivity (Wildman–Crippen MR) is 84.1 cm³/mol. The van der Waals surface area contributed by atoms with E-state index in [0.717, 1.165) is 5.75 Å². The quantitative estimate of drug-likeness (QED) is 0.899. The number of ether oxygens (including phenoxy) is 1. The summed E-state index contributed by atoms with van der Waals surface area (Å²) < 4.78 is 5.76. The molecule has 2 aromatic carbocycles. The normalized spacial score (nSPS) is 15.2. The van der Waals surface area contributed by atoms with Gasteiger partial charge in [-0.05, 0) is 42.0 Å². The smallest absolute Gasteiger partial charge is 0.119 e. The van der Waals surface area contributed by atoms with Gasteiger partial charge in [0.25, 0.3) is 0 Å². The average Bonchev–Trinajstić information content (AvgIpc) is 3.31. The Bertz CT molecular complexity index is 522. The van der Waals surface area contributed by atoms with Crippen molar-refractivity contribution in [1.82, 2.24) is 0 Å². The molecule has 3 heteroatoms. The summed E-state index contributed by atoms with van der Waals surface area (Å²) in [5.41, 5.74) is 8.57. The zero-order chi connectivity index (χ0) is 13.1. The molecule has 0 radical (unpaired) electrons. The van der Waals surface area contributed by atoms with Gasteiger partial charge in [0.1, 0.15) is 12.4 Å². The van der Waals surface area contributed by atoms with Crippen molar-refractivity contribution in [2.45, 2.75) is 25.5 Å². The van der Waals surface area contributed by atoms with Gasteiger partial charge in [-0.15, -0.1) is 12.4 Å². The Morgan fingerprint density at radius 2 is 1.65 bits per heavy atom. The summed E-state index contributed by atoms with van der Waals surface area (Å²) in [4.78, 5) is 0. The fourth-order valence-electron chi connectivity index (χ4n) is 2.25. The monoisotopic (exact) mass is 289 g/mol. The third-order valence-corrected chi connectivity index (χ3v) is 3.64. The van der Waals surface area contributed by atoms with Crippen LogP contribution in [0.5, 0.6) is 5.75 Å². The number of halogens is 1. The van der Waals surface area contributed by atoms with Crippen LogP contribution in [-0.2, 0) is 6.61 Å².